The van der Waals surface area contributed by atoms with Gasteiger partial charge >= 0.3 is 6.18 Å². The first-order chi connectivity index (χ1) is 17.3. The maximum atomic E-state index is 13.6. The average molecular weight is 500 g/mol. The number of nitrogens with zero attached hydrogens (tertiary/aromatic N) is 1. The predicted molar refractivity (Wildman–Crippen MR) is 135 cm³/mol. The van der Waals surface area contributed by atoms with Crippen LogP contribution in [-0.2, 0) is 6.18 Å². The second-order valence-corrected chi connectivity index (χ2v) is 9.31. The van der Waals surface area contributed by atoms with Gasteiger partial charge in [0.15, 0.2) is 5.78 Å². The fourth-order valence-electron chi connectivity index (χ4n) is 4.75. The number of methoxy groups -OCH3 is 1. The van der Waals surface area contributed by atoms with Crippen molar-refractivity contribution in [3.05, 3.63) is 71.8 Å². The number of hydrogen-bond donors (Lipinski definition) is 0. The topological polar surface area (TPSA) is 38.8 Å². The third-order valence-electron chi connectivity index (χ3n) is 6.77. The lowest BCUT2D eigenvalue weighted by Gasteiger charge is -2.32. The van der Waals surface area contributed by atoms with Crippen LogP contribution in [0.5, 0.6) is 11.5 Å². The molecule has 0 saturated carbocycles. The molecule has 36 heavy (non-hydrogen) atoms. The summed E-state index contributed by atoms with van der Waals surface area (Å²) in [5.74, 6) is 1.17. The van der Waals surface area contributed by atoms with E-state index in [1.807, 2.05) is 0 Å². The van der Waals surface area contributed by atoms with Gasteiger partial charge in [-0.2, -0.15) is 13.2 Å². The second-order valence-electron chi connectivity index (χ2n) is 9.31. The van der Waals surface area contributed by atoms with Crippen LogP contribution in [0, 0.1) is 0 Å². The largest absolute Gasteiger partial charge is 0.497 e. The van der Waals surface area contributed by atoms with Crippen molar-refractivity contribution in [1.82, 2.24) is 4.90 Å². The molecule has 7 heteroatoms. The minimum absolute atomic E-state index is 0.0920. The zero-order valence-electron chi connectivity index (χ0n) is 20.5. The summed E-state index contributed by atoms with van der Waals surface area (Å²) in [6, 6.07) is 16.6. The van der Waals surface area contributed by atoms with Gasteiger partial charge in [-0.25, -0.2) is 0 Å². The molecular weight excluding hydrogens is 467 g/mol. The number of fused-ring (bicyclic) bond motifs is 1. The molecule has 0 aromatic heterocycles. The summed E-state index contributed by atoms with van der Waals surface area (Å²) in [5, 5.41) is 0.725. The molecule has 0 radical (unpaired) electrons. The van der Waals surface area contributed by atoms with Gasteiger partial charge in [-0.1, -0.05) is 30.7 Å². The smallest absolute Gasteiger partial charge is 0.417 e. The standard InChI is InChI=1S/C29H32F3NO3/c1-35-23-12-10-21(11-13-23)28(34)9-3-2-6-16-33-17-14-24(15-18-33)36-25-19-22-7-4-5-8-26(22)27(20-25)29(30,31)32/h4-5,7-8,10-13,19-20,24H,2-3,6,9,14-18H2,1H3. The highest BCUT2D eigenvalue weighted by molar-refractivity contribution is 5.96. The molecule has 4 rings (SSSR count). The van der Waals surface area contributed by atoms with Gasteiger partial charge in [0.1, 0.15) is 17.6 Å². The Kier molecular flexibility index (Phi) is 8.52. The van der Waals surface area contributed by atoms with E-state index in [9.17, 15) is 18.0 Å². The van der Waals surface area contributed by atoms with Crippen molar-refractivity contribution >= 4 is 16.6 Å². The molecule has 1 saturated heterocycles. The van der Waals surface area contributed by atoms with E-state index in [4.69, 9.17) is 9.47 Å². The Labute approximate surface area is 210 Å². The van der Waals surface area contributed by atoms with E-state index in [-0.39, 0.29) is 23.0 Å². The summed E-state index contributed by atoms with van der Waals surface area (Å²) in [4.78, 5) is 14.7. The molecule has 1 heterocycles. The fraction of sp³-hybridized carbons (Fsp3) is 0.414. The normalized spacial score (nSPS) is 15.2. The molecule has 4 nitrogen and oxygen atoms in total. The molecule has 3 aromatic carbocycles. The van der Waals surface area contributed by atoms with Crippen LogP contribution in [0.15, 0.2) is 60.7 Å². The molecule has 192 valence electrons. The quantitative estimate of drug-likeness (QED) is 0.219. The van der Waals surface area contributed by atoms with Gasteiger partial charge in [-0.05, 0) is 79.4 Å². The van der Waals surface area contributed by atoms with Gasteiger partial charge in [0.25, 0.3) is 0 Å². The number of benzene rings is 3. The molecule has 1 aliphatic heterocycles. The Balaban J connectivity index is 1.19. The number of carbonyl (C=O) groups is 1. The van der Waals surface area contributed by atoms with Crippen molar-refractivity contribution in [2.45, 2.75) is 50.8 Å². The number of unbranched alkanes of at least 4 members (excludes halogenated alkanes) is 2. The first-order valence-corrected chi connectivity index (χ1v) is 12.5. The lowest BCUT2D eigenvalue weighted by molar-refractivity contribution is -0.136. The van der Waals surface area contributed by atoms with Crippen LogP contribution in [0.4, 0.5) is 13.2 Å². The molecule has 0 aliphatic carbocycles. The van der Waals surface area contributed by atoms with Gasteiger partial charge < -0.3 is 14.4 Å². The minimum Gasteiger partial charge on any atom is -0.497 e. The zero-order chi connectivity index (χ0) is 25.5. The van der Waals surface area contributed by atoms with E-state index in [1.54, 1.807) is 55.6 Å². The number of ether oxygens (including phenoxy) is 2. The number of Topliss-reactive ketones (excluding diaryl/α,β-unsaturated/α-hetero) is 1. The Morgan fingerprint density at radius 3 is 2.36 bits per heavy atom. The summed E-state index contributed by atoms with van der Waals surface area (Å²) in [5.41, 5.74) is 0.0603. The number of alkyl halides is 3. The molecule has 0 spiro atoms. The highest BCUT2D eigenvalue weighted by atomic mass is 19.4. The van der Waals surface area contributed by atoms with Gasteiger partial charge in [-0.3, -0.25) is 4.79 Å². The molecule has 0 unspecified atom stereocenters. The number of hydrogen-bond acceptors (Lipinski definition) is 4. The van der Waals surface area contributed by atoms with Crippen molar-refractivity contribution < 1.29 is 27.4 Å². The van der Waals surface area contributed by atoms with Crippen molar-refractivity contribution in [1.29, 1.82) is 0 Å². The Bertz CT molecular complexity index is 1150. The Morgan fingerprint density at radius 1 is 0.944 bits per heavy atom. The summed E-state index contributed by atoms with van der Waals surface area (Å²) in [6.07, 6.45) is 0.430. The highest BCUT2D eigenvalue weighted by Gasteiger charge is 2.33. The molecule has 1 fully saturated rings. The predicted octanol–water partition coefficient (Wildman–Crippen LogP) is 7.15. The van der Waals surface area contributed by atoms with Crippen molar-refractivity contribution in [3.63, 3.8) is 0 Å². The van der Waals surface area contributed by atoms with Crippen LogP contribution in [-0.4, -0.2) is 43.5 Å². The first kappa shape index (κ1) is 26.0. The lowest BCUT2D eigenvalue weighted by Crippen LogP contribution is -2.38. The molecule has 0 amide bonds. The average Bonchev–Trinajstić information content (AvgIpc) is 2.88. The number of likely N-dealkylation sites (tertiary alicyclic amines) is 1. The van der Waals surface area contributed by atoms with Crippen LogP contribution in [0.25, 0.3) is 10.8 Å². The highest BCUT2D eigenvalue weighted by Crippen LogP contribution is 2.38. The number of carbonyl (C=O) groups excluding carboxylic acids is 1. The Morgan fingerprint density at radius 2 is 1.67 bits per heavy atom. The third kappa shape index (κ3) is 6.78. The van der Waals surface area contributed by atoms with Crippen LogP contribution in [0.1, 0.15) is 54.4 Å². The van der Waals surface area contributed by atoms with Crippen molar-refractivity contribution in [3.8, 4) is 11.5 Å². The second kappa shape index (κ2) is 11.8. The molecule has 0 bridgehead atoms. The van der Waals surface area contributed by atoms with Gasteiger partial charge in [-0.15, -0.1) is 0 Å². The fourth-order valence-corrected chi connectivity index (χ4v) is 4.75. The summed E-state index contributed by atoms with van der Waals surface area (Å²) >= 11 is 0. The third-order valence-corrected chi connectivity index (χ3v) is 6.77. The van der Waals surface area contributed by atoms with Crippen LogP contribution in [0.3, 0.4) is 0 Å². The molecular formula is C29H32F3NO3. The molecule has 0 N–H and O–H groups in total. The van der Waals surface area contributed by atoms with Gasteiger partial charge in [0.2, 0.25) is 0 Å². The maximum absolute atomic E-state index is 13.6. The van der Waals surface area contributed by atoms with E-state index in [1.165, 1.54) is 6.07 Å². The number of rotatable bonds is 10. The SMILES string of the molecule is COc1ccc(C(=O)CCCCCN2CCC(Oc3cc(C(F)(F)F)c4ccccc4c3)CC2)cc1. The van der Waals surface area contributed by atoms with Crippen molar-refractivity contribution in [2.75, 3.05) is 26.7 Å². The zero-order valence-corrected chi connectivity index (χ0v) is 20.5. The number of piperidine rings is 1. The Hall–Kier alpha value is -3.06. The van der Waals surface area contributed by atoms with Crippen molar-refractivity contribution in [2.24, 2.45) is 0 Å². The molecule has 0 atom stereocenters. The monoisotopic (exact) mass is 499 g/mol. The minimum atomic E-state index is -4.43. The summed E-state index contributed by atoms with van der Waals surface area (Å²) in [7, 11) is 1.60. The van der Waals surface area contributed by atoms with E-state index in [2.05, 4.69) is 4.90 Å². The molecule has 1 aliphatic rings. The van der Waals surface area contributed by atoms with E-state index < -0.39 is 11.7 Å². The van der Waals surface area contributed by atoms with Crippen LogP contribution < -0.4 is 9.47 Å². The lowest BCUT2D eigenvalue weighted by atomic mass is 10.0. The van der Waals surface area contributed by atoms with Crippen LogP contribution >= 0.6 is 0 Å². The van der Waals surface area contributed by atoms with Gasteiger partial charge in [0.05, 0.1) is 12.7 Å². The summed E-state index contributed by atoms with van der Waals surface area (Å²) < 4.78 is 51.8. The first-order valence-electron chi connectivity index (χ1n) is 12.5. The summed E-state index contributed by atoms with van der Waals surface area (Å²) in [6.45, 7) is 2.67. The van der Waals surface area contributed by atoms with Gasteiger partial charge in [0, 0.05) is 25.1 Å². The van der Waals surface area contributed by atoms with E-state index >= 15 is 0 Å². The maximum Gasteiger partial charge on any atom is 0.417 e. The van der Waals surface area contributed by atoms with E-state index in [0.29, 0.717) is 17.4 Å². The molecule has 3 aromatic rings. The van der Waals surface area contributed by atoms with E-state index in [0.717, 1.165) is 63.6 Å². The number of ketones is 1. The van der Waals surface area contributed by atoms with Crippen LogP contribution in [0.2, 0.25) is 0 Å². The number of halogens is 3.